The molecule has 0 heterocycles. The third-order valence-corrected chi connectivity index (χ3v) is 3.70. The molecule has 0 unspecified atom stereocenters. The summed E-state index contributed by atoms with van der Waals surface area (Å²) in [6.07, 6.45) is 0. The lowest BCUT2D eigenvalue weighted by Crippen LogP contribution is -2.30. The van der Waals surface area contributed by atoms with E-state index in [1.807, 2.05) is 13.8 Å². The first-order chi connectivity index (χ1) is 12.9. The molecule has 0 spiro atoms. The zero-order valence-electron chi connectivity index (χ0n) is 15.7. The average Bonchev–Trinajstić information content (AvgIpc) is 2.60. The molecule has 1 amide bonds. The number of hydrogen-bond donors (Lipinski definition) is 1. The van der Waals surface area contributed by atoms with E-state index in [-0.39, 0.29) is 19.0 Å². The molecule has 27 heavy (non-hydrogen) atoms. The van der Waals surface area contributed by atoms with Crippen LogP contribution in [0.4, 0.5) is 14.5 Å². The Hall–Kier alpha value is -2.67. The van der Waals surface area contributed by atoms with E-state index in [2.05, 4.69) is 5.32 Å². The number of carbonyl (C=O) groups is 1. The molecule has 0 atom stereocenters. The van der Waals surface area contributed by atoms with Crippen molar-refractivity contribution < 1.29 is 23.0 Å². The van der Waals surface area contributed by atoms with Crippen molar-refractivity contribution in [1.29, 1.82) is 0 Å². The van der Waals surface area contributed by atoms with E-state index in [4.69, 9.17) is 9.47 Å². The average molecular weight is 378 g/mol. The summed E-state index contributed by atoms with van der Waals surface area (Å²) < 4.78 is 37.7. The van der Waals surface area contributed by atoms with Gasteiger partial charge in [-0.15, -0.1) is 0 Å². The maximum atomic E-state index is 13.8. The molecule has 0 aliphatic carbocycles. The highest BCUT2D eigenvalue weighted by atomic mass is 19.1. The van der Waals surface area contributed by atoms with Crippen LogP contribution in [0.1, 0.15) is 19.4 Å². The molecule has 2 aromatic carbocycles. The molecule has 146 valence electrons. The summed E-state index contributed by atoms with van der Waals surface area (Å²) in [5, 5.41) is 2.80. The van der Waals surface area contributed by atoms with Crippen LogP contribution in [0.25, 0.3) is 0 Å². The van der Waals surface area contributed by atoms with Gasteiger partial charge in [0.1, 0.15) is 23.1 Å². The first kappa shape index (κ1) is 20.6. The predicted octanol–water partition coefficient (Wildman–Crippen LogP) is 3.83. The quantitative estimate of drug-likeness (QED) is 0.721. The van der Waals surface area contributed by atoms with Crippen LogP contribution in [0, 0.1) is 11.6 Å². The third kappa shape index (κ3) is 6.21. The van der Waals surface area contributed by atoms with Crippen molar-refractivity contribution in [2.24, 2.45) is 0 Å². The van der Waals surface area contributed by atoms with Gasteiger partial charge in [0, 0.05) is 24.2 Å². The van der Waals surface area contributed by atoms with Gasteiger partial charge in [-0.05, 0) is 39.1 Å². The Morgan fingerprint density at radius 3 is 2.48 bits per heavy atom. The standard InChI is InChI=1S/C20H24F2N2O3/c1-4-26-16-8-9-19(27-5-2)18(11-16)23-20(25)13-24(3)12-14-6-7-15(21)10-17(14)22/h6-11H,4-5,12-13H2,1-3H3,(H,23,25). The molecule has 0 saturated heterocycles. The van der Waals surface area contributed by atoms with Gasteiger partial charge in [-0.25, -0.2) is 8.78 Å². The summed E-state index contributed by atoms with van der Waals surface area (Å²) in [6.45, 7) is 4.90. The summed E-state index contributed by atoms with van der Waals surface area (Å²) in [4.78, 5) is 14.0. The van der Waals surface area contributed by atoms with E-state index < -0.39 is 11.6 Å². The molecule has 2 rings (SSSR count). The summed E-state index contributed by atoms with van der Waals surface area (Å²) in [7, 11) is 1.68. The predicted molar refractivity (Wildman–Crippen MR) is 100 cm³/mol. The fourth-order valence-corrected chi connectivity index (χ4v) is 2.58. The Kier molecular flexibility index (Phi) is 7.55. The topological polar surface area (TPSA) is 50.8 Å². The number of anilines is 1. The molecular weight excluding hydrogens is 354 g/mol. The first-order valence-electron chi connectivity index (χ1n) is 8.74. The Morgan fingerprint density at radius 1 is 1.07 bits per heavy atom. The van der Waals surface area contributed by atoms with Crippen LogP contribution in [0.5, 0.6) is 11.5 Å². The Bertz CT molecular complexity index is 784. The van der Waals surface area contributed by atoms with Gasteiger partial charge in [0.25, 0.3) is 0 Å². The van der Waals surface area contributed by atoms with Crippen LogP contribution < -0.4 is 14.8 Å². The monoisotopic (exact) mass is 378 g/mol. The highest BCUT2D eigenvalue weighted by Crippen LogP contribution is 2.29. The zero-order valence-corrected chi connectivity index (χ0v) is 15.7. The molecule has 0 aliphatic heterocycles. The normalized spacial score (nSPS) is 10.7. The lowest BCUT2D eigenvalue weighted by Gasteiger charge is -2.18. The molecular formula is C20H24F2N2O3. The largest absolute Gasteiger partial charge is 0.494 e. The van der Waals surface area contributed by atoms with Crippen molar-refractivity contribution >= 4 is 11.6 Å². The van der Waals surface area contributed by atoms with Crippen molar-refractivity contribution in [3.8, 4) is 11.5 Å². The lowest BCUT2D eigenvalue weighted by atomic mass is 10.2. The number of ether oxygens (including phenoxy) is 2. The van der Waals surface area contributed by atoms with Crippen LogP contribution in [0.3, 0.4) is 0 Å². The Labute approximate surface area is 157 Å². The van der Waals surface area contributed by atoms with Crippen molar-refractivity contribution in [1.82, 2.24) is 4.90 Å². The van der Waals surface area contributed by atoms with Gasteiger partial charge in [-0.3, -0.25) is 9.69 Å². The Morgan fingerprint density at radius 2 is 1.81 bits per heavy atom. The molecule has 0 saturated carbocycles. The summed E-state index contributed by atoms with van der Waals surface area (Å²) in [5.41, 5.74) is 0.828. The number of nitrogens with one attached hydrogen (secondary N) is 1. The maximum Gasteiger partial charge on any atom is 0.238 e. The summed E-state index contributed by atoms with van der Waals surface area (Å²) in [6, 6.07) is 8.61. The van der Waals surface area contributed by atoms with E-state index in [0.717, 1.165) is 6.07 Å². The van der Waals surface area contributed by atoms with Gasteiger partial charge >= 0.3 is 0 Å². The second kappa shape index (κ2) is 9.87. The minimum absolute atomic E-state index is 0.0290. The number of carbonyl (C=O) groups excluding carboxylic acids is 1. The molecule has 0 fully saturated rings. The van der Waals surface area contributed by atoms with E-state index in [1.54, 1.807) is 30.1 Å². The van der Waals surface area contributed by atoms with Gasteiger partial charge < -0.3 is 14.8 Å². The maximum absolute atomic E-state index is 13.8. The van der Waals surface area contributed by atoms with Crippen molar-refractivity contribution in [2.75, 3.05) is 32.1 Å². The third-order valence-electron chi connectivity index (χ3n) is 3.70. The number of amides is 1. The number of hydrogen-bond acceptors (Lipinski definition) is 4. The second-order valence-corrected chi connectivity index (χ2v) is 5.98. The van der Waals surface area contributed by atoms with Crippen LogP contribution >= 0.6 is 0 Å². The molecule has 0 aromatic heterocycles. The molecule has 0 radical (unpaired) electrons. The number of nitrogens with zero attached hydrogens (tertiary/aromatic N) is 1. The highest BCUT2D eigenvalue weighted by molar-refractivity contribution is 5.94. The Balaban J connectivity index is 2.02. The van der Waals surface area contributed by atoms with Crippen LogP contribution in [0.2, 0.25) is 0 Å². The zero-order chi connectivity index (χ0) is 19.8. The minimum Gasteiger partial charge on any atom is -0.494 e. The lowest BCUT2D eigenvalue weighted by molar-refractivity contribution is -0.117. The number of benzene rings is 2. The van der Waals surface area contributed by atoms with Crippen molar-refractivity contribution in [3.05, 3.63) is 53.6 Å². The molecule has 0 aliphatic rings. The molecule has 7 heteroatoms. The number of rotatable bonds is 9. The fraction of sp³-hybridized carbons (Fsp3) is 0.350. The van der Waals surface area contributed by atoms with Crippen LogP contribution in [-0.4, -0.2) is 37.6 Å². The van der Waals surface area contributed by atoms with E-state index in [0.29, 0.717) is 36.0 Å². The van der Waals surface area contributed by atoms with Crippen molar-refractivity contribution in [2.45, 2.75) is 20.4 Å². The minimum atomic E-state index is -0.634. The molecule has 1 N–H and O–H groups in total. The molecule has 0 bridgehead atoms. The van der Waals surface area contributed by atoms with Gasteiger partial charge in [0.15, 0.2) is 0 Å². The van der Waals surface area contributed by atoms with E-state index >= 15 is 0 Å². The van der Waals surface area contributed by atoms with E-state index in [9.17, 15) is 13.6 Å². The van der Waals surface area contributed by atoms with Gasteiger partial charge in [-0.1, -0.05) is 6.07 Å². The second-order valence-electron chi connectivity index (χ2n) is 5.98. The van der Waals surface area contributed by atoms with Crippen molar-refractivity contribution in [3.63, 3.8) is 0 Å². The highest BCUT2D eigenvalue weighted by Gasteiger charge is 2.13. The smallest absolute Gasteiger partial charge is 0.238 e. The van der Waals surface area contributed by atoms with Crippen LogP contribution in [-0.2, 0) is 11.3 Å². The van der Waals surface area contributed by atoms with E-state index in [1.165, 1.54) is 12.1 Å². The first-order valence-corrected chi connectivity index (χ1v) is 8.74. The number of halogens is 2. The SMILES string of the molecule is CCOc1ccc(OCC)c(NC(=O)CN(C)Cc2ccc(F)cc2F)c1. The molecule has 2 aromatic rings. The van der Waals surface area contributed by atoms with Gasteiger partial charge in [0.05, 0.1) is 25.4 Å². The number of likely N-dealkylation sites (N-methyl/N-ethyl adjacent to an activating group) is 1. The van der Waals surface area contributed by atoms with Gasteiger partial charge in [0.2, 0.25) is 5.91 Å². The van der Waals surface area contributed by atoms with Gasteiger partial charge in [-0.2, -0.15) is 0 Å². The summed E-state index contributed by atoms with van der Waals surface area (Å²) >= 11 is 0. The molecule has 5 nitrogen and oxygen atoms in total. The summed E-state index contributed by atoms with van der Waals surface area (Å²) in [5.74, 6) is -0.381. The fourth-order valence-electron chi connectivity index (χ4n) is 2.58. The van der Waals surface area contributed by atoms with Crippen LogP contribution in [0.15, 0.2) is 36.4 Å².